The third-order valence-corrected chi connectivity index (χ3v) is 4.79. The van der Waals surface area contributed by atoms with Crippen molar-refractivity contribution in [2.45, 2.75) is 20.4 Å². The van der Waals surface area contributed by atoms with Crippen LogP contribution in [-0.2, 0) is 11.3 Å². The van der Waals surface area contributed by atoms with Gasteiger partial charge in [0.15, 0.2) is 0 Å². The summed E-state index contributed by atoms with van der Waals surface area (Å²) in [6, 6.07) is 12.5. The van der Waals surface area contributed by atoms with E-state index in [4.69, 9.17) is 9.47 Å². The predicted molar refractivity (Wildman–Crippen MR) is 120 cm³/mol. The molecule has 1 aromatic heterocycles. The Labute approximate surface area is 185 Å². The lowest BCUT2D eigenvalue weighted by Gasteiger charge is -2.13. The molecule has 1 heterocycles. The van der Waals surface area contributed by atoms with Gasteiger partial charge in [0.2, 0.25) is 5.69 Å². The van der Waals surface area contributed by atoms with Gasteiger partial charge in [0, 0.05) is 13.7 Å². The molecule has 0 saturated carbocycles. The van der Waals surface area contributed by atoms with E-state index in [1.54, 1.807) is 36.4 Å². The van der Waals surface area contributed by atoms with E-state index in [-0.39, 0.29) is 25.4 Å². The van der Waals surface area contributed by atoms with E-state index < -0.39 is 17.2 Å². The third kappa shape index (κ3) is 5.12. The summed E-state index contributed by atoms with van der Waals surface area (Å²) in [4.78, 5) is 39.1. The first kappa shape index (κ1) is 23.0. The Morgan fingerprint density at radius 2 is 1.78 bits per heavy atom. The van der Waals surface area contributed by atoms with Gasteiger partial charge in [-0.3, -0.25) is 14.2 Å². The van der Waals surface area contributed by atoms with Gasteiger partial charge in [-0.05, 0) is 54.8 Å². The van der Waals surface area contributed by atoms with Crippen LogP contribution in [0.2, 0.25) is 0 Å². The van der Waals surface area contributed by atoms with Crippen LogP contribution in [0, 0.1) is 13.8 Å². The van der Waals surface area contributed by atoms with Crippen molar-refractivity contribution in [2.75, 3.05) is 27.4 Å². The monoisotopic (exact) mass is 438 g/mol. The number of methoxy groups -OCH3 is 2. The molecular formula is C23H26N4O5. The zero-order valence-electron chi connectivity index (χ0n) is 18.5. The Morgan fingerprint density at radius 3 is 2.44 bits per heavy atom. The summed E-state index contributed by atoms with van der Waals surface area (Å²) in [7, 11) is 3.04. The highest BCUT2D eigenvalue weighted by Gasteiger charge is 2.20. The van der Waals surface area contributed by atoms with Gasteiger partial charge in [-0.25, -0.2) is 4.79 Å². The van der Waals surface area contributed by atoms with E-state index in [9.17, 15) is 14.4 Å². The van der Waals surface area contributed by atoms with E-state index >= 15 is 0 Å². The quantitative estimate of drug-likeness (QED) is 0.534. The van der Waals surface area contributed by atoms with Crippen LogP contribution in [0.3, 0.4) is 0 Å². The van der Waals surface area contributed by atoms with Crippen LogP contribution in [-0.4, -0.2) is 47.6 Å². The molecule has 0 spiro atoms. The number of amides is 1. The first-order valence-electron chi connectivity index (χ1n) is 10.1. The Balaban J connectivity index is 2.17. The van der Waals surface area contributed by atoms with Crippen LogP contribution >= 0.6 is 0 Å². The molecule has 1 amide bonds. The molecule has 9 heteroatoms. The van der Waals surface area contributed by atoms with Crippen LogP contribution in [0.15, 0.2) is 52.1 Å². The van der Waals surface area contributed by atoms with Gasteiger partial charge in [0.05, 0.1) is 25.9 Å². The maximum Gasteiger partial charge on any atom is 0.352 e. The van der Waals surface area contributed by atoms with Crippen LogP contribution in [0.1, 0.15) is 27.2 Å². The maximum atomic E-state index is 13.3. The van der Waals surface area contributed by atoms with Crippen molar-refractivity contribution >= 4 is 5.91 Å². The zero-order chi connectivity index (χ0) is 23.3. The van der Waals surface area contributed by atoms with E-state index in [1.807, 2.05) is 19.9 Å². The molecule has 9 nitrogen and oxygen atoms in total. The highest BCUT2D eigenvalue weighted by atomic mass is 16.5. The number of aryl methyl sites for hydroxylation is 2. The minimum Gasteiger partial charge on any atom is -0.497 e. The number of hydrogen-bond acceptors (Lipinski definition) is 6. The summed E-state index contributed by atoms with van der Waals surface area (Å²) in [5.74, 6) is -0.0821. The molecule has 0 aliphatic carbocycles. The van der Waals surface area contributed by atoms with Crippen molar-refractivity contribution in [2.24, 2.45) is 0 Å². The number of hydrogen-bond donors (Lipinski definition) is 1. The second-order valence-corrected chi connectivity index (χ2v) is 7.38. The molecule has 3 rings (SSSR count). The van der Waals surface area contributed by atoms with Gasteiger partial charge < -0.3 is 14.8 Å². The smallest absolute Gasteiger partial charge is 0.352 e. The Hall–Kier alpha value is -3.72. The van der Waals surface area contributed by atoms with Crippen molar-refractivity contribution < 1.29 is 14.3 Å². The number of rotatable bonds is 8. The molecule has 0 radical (unpaired) electrons. The third-order valence-electron chi connectivity index (χ3n) is 4.79. The topological polar surface area (TPSA) is 104 Å². The molecule has 0 fully saturated rings. The summed E-state index contributed by atoms with van der Waals surface area (Å²) in [5, 5.41) is 6.73. The molecular weight excluding hydrogens is 412 g/mol. The molecule has 3 aromatic rings. The molecule has 0 bridgehead atoms. The van der Waals surface area contributed by atoms with Crippen molar-refractivity contribution in [1.29, 1.82) is 0 Å². The number of aromatic nitrogens is 3. The summed E-state index contributed by atoms with van der Waals surface area (Å²) in [6.07, 6.45) is 0. The van der Waals surface area contributed by atoms with Crippen molar-refractivity contribution in [1.82, 2.24) is 19.7 Å². The van der Waals surface area contributed by atoms with Gasteiger partial charge in [-0.2, -0.15) is 9.78 Å². The number of ether oxygens (including phenoxy) is 2. The summed E-state index contributed by atoms with van der Waals surface area (Å²) >= 11 is 0. The molecule has 0 aliphatic heterocycles. The minimum absolute atomic E-state index is 0.0411. The summed E-state index contributed by atoms with van der Waals surface area (Å²) in [5.41, 5.74) is 1.20. The highest BCUT2D eigenvalue weighted by molar-refractivity contribution is 5.91. The largest absolute Gasteiger partial charge is 0.497 e. The molecule has 0 atom stereocenters. The highest BCUT2D eigenvalue weighted by Crippen LogP contribution is 2.14. The van der Waals surface area contributed by atoms with Crippen LogP contribution in [0.5, 0.6) is 5.75 Å². The fraction of sp³-hybridized carbons (Fsp3) is 0.304. The zero-order valence-corrected chi connectivity index (χ0v) is 18.5. The van der Waals surface area contributed by atoms with E-state index in [0.29, 0.717) is 17.0 Å². The molecule has 0 unspecified atom stereocenters. The lowest BCUT2D eigenvalue weighted by Crippen LogP contribution is -2.46. The van der Waals surface area contributed by atoms with Crippen LogP contribution in [0.4, 0.5) is 0 Å². The average Bonchev–Trinajstić information content (AvgIpc) is 2.76. The molecule has 32 heavy (non-hydrogen) atoms. The lowest BCUT2D eigenvalue weighted by molar-refractivity contribution is 0.0927. The van der Waals surface area contributed by atoms with Crippen molar-refractivity contribution in [3.05, 3.63) is 85.7 Å². The number of benzene rings is 2. The second kappa shape index (κ2) is 10.1. The number of carbonyl (C=O) groups excluding carboxylic acids is 1. The molecule has 168 valence electrons. The Bertz CT molecular complexity index is 1230. The number of carbonyl (C=O) groups is 1. The normalized spacial score (nSPS) is 10.8. The fourth-order valence-electron chi connectivity index (χ4n) is 3.34. The summed E-state index contributed by atoms with van der Waals surface area (Å²) in [6.45, 7) is 4.23. The van der Waals surface area contributed by atoms with Gasteiger partial charge >= 0.3 is 5.69 Å². The second-order valence-electron chi connectivity index (χ2n) is 7.38. The van der Waals surface area contributed by atoms with Crippen molar-refractivity contribution in [3.8, 4) is 11.4 Å². The van der Waals surface area contributed by atoms with Gasteiger partial charge in [-0.1, -0.05) is 18.2 Å². The minimum atomic E-state index is -0.770. The van der Waals surface area contributed by atoms with Crippen LogP contribution < -0.4 is 21.3 Å². The SMILES string of the molecule is COCCNC(=O)c1nn(-c2cc(C)cc(C)c2)c(=O)n(Cc2cccc(OC)c2)c1=O. The van der Waals surface area contributed by atoms with Crippen LogP contribution in [0.25, 0.3) is 5.69 Å². The summed E-state index contributed by atoms with van der Waals surface area (Å²) < 4.78 is 12.3. The van der Waals surface area contributed by atoms with Gasteiger partial charge in [-0.15, -0.1) is 0 Å². The fourth-order valence-corrected chi connectivity index (χ4v) is 3.34. The predicted octanol–water partition coefficient (Wildman–Crippen LogP) is 1.44. The maximum absolute atomic E-state index is 13.3. The number of nitrogens with one attached hydrogen (secondary N) is 1. The van der Waals surface area contributed by atoms with E-state index in [2.05, 4.69) is 10.4 Å². The van der Waals surface area contributed by atoms with E-state index in [1.165, 1.54) is 14.2 Å². The Kier molecular flexibility index (Phi) is 7.21. The first-order chi connectivity index (χ1) is 15.3. The standard InChI is InChI=1S/C23H26N4O5/c1-15-10-16(2)12-18(11-15)27-23(30)26(14-17-6-5-7-19(13-17)32-4)22(29)20(25-27)21(28)24-8-9-31-3/h5-7,10-13H,8-9,14H2,1-4H3,(H,24,28). The van der Waals surface area contributed by atoms with Gasteiger partial charge in [0.1, 0.15) is 5.75 Å². The number of nitrogens with zero attached hydrogens (tertiary/aromatic N) is 3. The average molecular weight is 438 g/mol. The molecule has 2 aromatic carbocycles. The molecule has 0 aliphatic rings. The van der Waals surface area contributed by atoms with Gasteiger partial charge in [0.25, 0.3) is 11.5 Å². The Morgan fingerprint density at radius 1 is 1.06 bits per heavy atom. The van der Waals surface area contributed by atoms with Crippen molar-refractivity contribution in [3.63, 3.8) is 0 Å². The first-order valence-corrected chi connectivity index (χ1v) is 10.1. The lowest BCUT2D eigenvalue weighted by atomic mass is 10.1. The van der Waals surface area contributed by atoms with E-state index in [0.717, 1.165) is 20.4 Å². The molecule has 0 saturated heterocycles. The molecule has 1 N–H and O–H groups in total.